The van der Waals surface area contributed by atoms with Gasteiger partial charge < -0.3 is 5.32 Å². The lowest BCUT2D eigenvalue weighted by molar-refractivity contribution is -0.113. The van der Waals surface area contributed by atoms with Gasteiger partial charge in [-0.15, -0.1) is 10.2 Å². The van der Waals surface area contributed by atoms with Crippen molar-refractivity contribution in [3.05, 3.63) is 86.8 Å². The third kappa shape index (κ3) is 5.79. The summed E-state index contributed by atoms with van der Waals surface area (Å²) in [6.45, 7) is 2.12. The molecule has 0 unspecified atom stereocenters. The van der Waals surface area contributed by atoms with Gasteiger partial charge in [0, 0.05) is 20.7 Å². The Kier molecular flexibility index (Phi) is 7.75. The van der Waals surface area contributed by atoms with E-state index in [4.69, 9.17) is 23.2 Å². The van der Waals surface area contributed by atoms with Crippen molar-refractivity contribution in [1.82, 2.24) is 14.8 Å². The molecule has 1 amide bonds. The number of carbonyl (C=O) groups is 1. The molecule has 168 valence electrons. The molecule has 3 aromatic carbocycles. The number of aryl methyl sites for hydroxylation is 1. The second kappa shape index (κ2) is 10.7. The van der Waals surface area contributed by atoms with Crippen LogP contribution in [0.3, 0.4) is 0 Å². The first-order valence-electron chi connectivity index (χ1n) is 10.1. The number of benzene rings is 3. The Balaban J connectivity index is 1.60. The zero-order valence-corrected chi connectivity index (χ0v) is 21.5. The van der Waals surface area contributed by atoms with Crippen LogP contribution in [0.2, 0.25) is 10.0 Å². The van der Waals surface area contributed by atoms with Crippen LogP contribution in [-0.2, 0) is 11.2 Å². The monoisotopic (exact) mass is 560 g/mol. The predicted molar refractivity (Wildman–Crippen MR) is 140 cm³/mol. The third-order valence-corrected chi connectivity index (χ3v) is 6.86. The average molecular weight is 562 g/mol. The van der Waals surface area contributed by atoms with Gasteiger partial charge in [-0.05, 0) is 66.6 Å². The standard InChI is InChI=1S/C24H19BrCl2N4OS/c1-2-15-3-10-19(11-4-15)31-23(16-5-8-18(26)9-6-16)29-30-24(31)33-14-22(32)28-21-12-7-17(25)13-20(21)27/h3-13H,2,14H2,1H3,(H,28,32). The minimum Gasteiger partial charge on any atom is -0.324 e. The highest BCUT2D eigenvalue weighted by atomic mass is 79.9. The Hall–Kier alpha value is -2.32. The third-order valence-electron chi connectivity index (χ3n) is 4.88. The number of hydrogen-bond acceptors (Lipinski definition) is 4. The van der Waals surface area contributed by atoms with E-state index >= 15 is 0 Å². The van der Waals surface area contributed by atoms with Gasteiger partial charge in [0.1, 0.15) is 0 Å². The number of aromatic nitrogens is 3. The van der Waals surface area contributed by atoms with Gasteiger partial charge in [0.25, 0.3) is 0 Å². The number of rotatable bonds is 7. The van der Waals surface area contributed by atoms with Gasteiger partial charge in [0.2, 0.25) is 5.91 Å². The SMILES string of the molecule is CCc1ccc(-n2c(SCC(=O)Nc3ccc(Br)cc3Cl)nnc2-c2ccc(Cl)cc2)cc1. The molecule has 1 aromatic heterocycles. The molecule has 5 nitrogen and oxygen atoms in total. The molecule has 0 atom stereocenters. The van der Waals surface area contributed by atoms with Crippen LogP contribution >= 0.6 is 50.9 Å². The van der Waals surface area contributed by atoms with Crippen LogP contribution in [0, 0.1) is 0 Å². The van der Waals surface area contributed by atoms with E-state index < -0.39 is 0 Å². The van der Waals surface area contributed by atoms with E-state index in [1.54, 1.807) is 12.1 Å². The summed E-state index contributed by atoms with van der Waals surface area (Å²) in [6.07, 6.45) is 0.951. The fourth-order valence-corrected chi connectivity index (χ4v) is 4.77. The van der Waals surface area contributed by atoms with Crippen molar-refractivity contribution in [2.45, 2.75) is 18.5 Å². The van der Waals surface area contributed by atoms with Crippen molar-refractivity contribution in [3.63, 3.8) is 0 Å². The number of hydrogen-bond donors (Lipinski definition) is 1. The average Bonchev–Trinajstić information content (AvgIpc) is 3.24. The number of thioether (sulfide) groups is 1. The lowest BCUT2D eigenvalue weighted by Crippen LogP contribution is -2.15. The molecule has 0 bridgehead atoms. The Labute approximate surface area is 214 Å². The summed E-state index contributed by atoms with van der Waals surface area (Å²) in [5.74, 6) is 0.640. The quantitative estimate of drug-likeness (QED) is 0.240. The number of nitrogens with zero attached hydrogens (tertiary/aromatic N) is 3. The fraction of sp³-hybridized carbons (Fsp3) is 0.125. The lowest BCUT2D eigenvalue weighted by Gasteiger charge is -2.11. The van der Waals surface area contributed by atoms with Gasteiger partial charge in [0.05, 0.1) is 16.5 Å². The maximum Gasteiger partial charge on any atom is 0.234 e. The fourth-order valence-electron chi connectivity index (χ4n) is 3.17. The first-order chi connectivity index (χ1) is 15.9. The molecule has 0 aliphatic rings. The van der Waals surface area contributed by atoms with Crippen LogP contribution in [-0.4, -0.2) is 26.4 Å². The van der Waals surface area contributed by atoms with Crippen LogP contribution in [0.15, 0.2) is 76.4 Å². The van der Waals surface area contributed by atoms with Gasteiger partial charge in [-0.2, -0.15) is 0 Å². The van der Waals surface area contributed by atoms with Gasteiger partial charge in [0.15, 0.2) is 11.0 Å². The van der Waals surface area contributed by atoms with Crippen molar-refractivity contribution < 1.29 is 4.79 Å². The Bertz CT molecular complexity index is 1280. The molecule has 0 aliphatic heterocycles. The molecule has 0 saturated heterocycles. The summed E-state index contributed by atoms with van der Waals surface area (Å²) in [5.41, 5.74) is 3.59. The highest BCUT2D eigenvalue weighted by molar-refractivity contribution is 9.10. The lowest BCUT2D eigenvalue weighted by atomic mass is 10.1. The molecular weight excluding hydrogens is 543 g/mol. The van der Waals surface area contributed by atoms with Crippen LogP contribution in [0.5, 0.6) is 0 Å². The van der Waals surface area contributed by atoms with Gasteiger partial charge in [-0.1, -0.05) is 70.0 Å². The predicted octanol–water partition coefficient (Wildman–Crippen LogP) is 7.30. The minimum absolute atomic E-state index is 0.151. The Morgan fingerprint density at radius 1 is 1.03 bits per heavy atom. The molecule has 0 spiro atoms. The summed E-state index contributed by atoms with van der Waals surface area (Å²) in [6, 6.07) is 21.0. The maximum absolute atomic E-state index is 12.6. The van der Waals surface area contributed by atoms with E-state index in [9.17, 15) is 4.79 Å². The van der Waals surface area contributed by atoms with Crippen LogP contribution < -0.4 is 5.32 Å². The van der Waals surface area contributed by atoms with E-state index in [0.717, 1.165) is 22.1 Å². The van der Waals surface area contributed by atoms with Crippen molar-refractivity contribution >= 4 is 62.5 Å². The van der Waals surface area contributed by atoms with Crippen LogP contribution in [0.4, 0.5) is 5.69 Å². The van der Waals surface area contributed by atoms with Crippen molar-refractivity contribution in [1.29, 1.82) is 0 Å². The van der Waals surface area contributed by atoms with Gasteiger partial charge in [-0.25, -0.2) is 0 Å². The number of carbonyl (C=O) groups excluding carboxylic acids is 1. The normalized spacial score (nSPS) is 10.9. The topological polar surface area (TPSA) is 59.8 Å². The van der Waals surface area contributed by atoms with E-state index in [-0.39, 0.29) is 11.7 Å². The molecule has 0 saturated carbocycles. The number of anilines is 1. The van der Waals surface area contributed by atoms with E-state index in [2.05, 4.69) is 50.5 Å². The molecule has 9 heteroatoms. The van der Waals surface area contributed by atoms with E-state index in [1.165, 1.54) is 17.3 Å². The summed E-state index contributed by atoms with van der Waals surface area (Å²) < 4.78 is 2.80. The first kappa shape index (κ1) is 23.8. The second-order valence-electron chi connectivity index (χ2n) is 7.13. The largest absolute Gasteiger partial charge is 0.324 e. The second-order valence-corrected chi connectivity index (χ2v) is 9.83. The molecule has 1 heterocycles. The number of halogens is 3. The molecule has 0 aliphatic carbocycles. The van der Waals surface area contributed by atoms with Gasteiger partial charge in [-0.3, -0.25) is 9.36 Å². The number of amides is 1. The summed E-state index contributed by atoms with van der Waals surface area (Å²) >= 11 is 16.9. The Morgan fingerprint density at radius 2 is 1.76 bits per heavy atom. The van der Waals surface area contributed by atoms with Crippen LogP contribution in [0.25, 0.3) is 17.1 Å². The molecule has 0 radical (unpaired) electrons. The molecule has 4 rings (SSSR count). The molecule has 33 heavy (non-hydrogen) atoms. The van der Waals surface area contributed by atoms with E-state index in [0.29, 0.717) is 26.7 Å². The number of nitrogens with one attached hydrogen (secondary N) is 1. The molecular formula is C24H19BrCl2N4OS. The summed E-state index contributed by atoms with van der Waals surface area (Å²) in [4.78, 5) is 12.6. The maximum atomic E-state index is 12.6. The molecule has 0 fully saturated rings. The smallest absolute Gasteiger partial charge is 0.234 e. The zero-order valence-electron chi connectivity index (χ0n) is 17.6. The Morgan fingerprint density at radius 3 is 2.42 bits per heavy atom. The van der Waals surface area contributed by atoms with Crippen molar-refractivity contribution in [2.75, 3.05) is 11.1 Å². The molecule has 4 aromatic rings. The summed E-state index contributed by atoms with van der Waals surface area (Å²) in [5, 5.41) is 13.4. The van der Waals surface area contributed by atoms with E-state index in [1.807, 2.05) is 47.0 Å². The van der Waals surface area contributed by atoms with Crippen molar-refractivity contribution in [2.24, 2.45) is 0 Å². The first-order valence-corrected chi connectivity index (χ1v) is 12.7. The molecule has 1 N–H and O–H groups in total. The summed E-state index contributed by atoms with van der Waals surface area (Å²) in [7, 11) is 0. The highest BCUT2D eigenvalue weighted by Gasteiger charge is 2.18. The zero-order chi connectivity index (χ0) is 23.4. The van der Waals surface area contributed by atoms with Crippen molar-refractivity contribution in [3.8, 4) is 17.1 Å². The van der Waals surface area contributed by atoms with Crippen LogP contribution in [0.1, 0.15) is 12.5 Å². The van der Waals surface area contributed by atoms with Gasteiger partial charge >= 0.3 is 0 Å². The highest BCUT2D eigenvalue weighted by Crippen LogP contribution is 2.30. The minimum atomic E-state index is -0.187.